The molecule has 2 aromatic heterocycles. The topological polar surface area (TPSA) is 67.5 Å². The number of methoxy groups -OCH3 is 1. The van der Waals surface area contributed by atoms with Gasteiger partial charge in [-0.2, -0.15) is 4.98 Å². The summed E-state index contributed by atoms with van der Waals surface area (Å²) in [7, 11) is 1.64. The first-order valence-corrected chi connectivity index (χ1v) is 6.99. The molecule has 110 valence electrons. The van der Waals surface area contributed by atoms with Gasteiger partial charge in [0, 0.05) is 32.2 Å². The molecule has 2 aromatic rings. The number of pyridine rings is 2. The van der Waals surface area contributed by atoms with Crippen molar-refractivity contribution in [2.75, 3.05) is 48.8 Å². The maximum Gasteiger partial charge on any atom is 0.214 e. The van der Waals surface area contributed by atoms with Crippen LogP contribution in [0.4, 0.5) is 17.3 Å². The molecule has 3 rings (SSSR count). The fourth-order valence-electron chi connectivity index (χ4n) is 2.47. The normalized spacial score (nSPS) is 15.1. The fourth-order valence-corrected chi connectivity index (χ4v) is 2.47. The molecule has 3 heterocycles. The molecule has 0 aliphatic carbocycles. The third kappa shape index (κ3) is 2.99. The van der Waals surface area contributed by atoms with Crippen LogP contribution in [0, 0.1) is 0 Å². The third-order valence-corrected chi connectivity index (χ3v) is 3.66. The number of hydrogen-bond donors (Lipinski definition) is 1. The molecule has 1 aliphatic rings. The van der Waals surface area contributed by atoms with Crippen molar-refractivity contribution in [2.45, 2.75) is 0 Å². The van der Waals surface area contributed by atoms with Crippen molar-refractivity contribution in [1.82, 2.24) is 9.97 Å². The van der Waals surface area contributed by atoms with Gasteiger partial charge in [-0.05, 0) is 18.2 Å². The number of aromatic nitrogens is 2. The van der Waals surface area contributed by atoms with Crippen molar-refractivity contribution in [3.63, 3.8) is 0 Å². The lowest BCUT2D eigenvalue weighted by Crippen LogP contribution is -2.46. The molecule has 0 saturated carbocycles. The Labute approximate surface area is 124 Å². The Morgan fingerprint density at radius 3 is 2.48 bits per heavy atom. The molecule has 6 heteroatoms. The summed E-state index contributed by atoms with van der Waals surface area (Å²) in [5, 5.41) is 0. The van der Waals surface area contributed by atoms with Gasteiger partial charge in [-0.3, -0.25) is 0 Å². The van der Waals surface area contributed by atoms with Gasteiger partial charge in [-0.15, -0.1) is 0 Å². The van der Waals surface area contributed by atoms with Crippen LogP contribution in [0.2, 0.25) is 0 Å². The van der Waals surface area contributed by atoms with Crippen molar-refractivity contribution in [3.8, 4) is 5.88 Å². The van der Waals surface area contributed by atoms with Crippen LogP contribution in [-0.2, 0) is 0 Å². The SMILES string of the molecule is COc1cccc(N2CCN(c3ccc(N)nc3)CC2)n1. The van der Waals surface area contributed by atoms with Crippen LogP contribution in [0.25, 0.3) is 0 Å². The largest absolute Gasteiger partial charge is 0.481 e. The van der Waals surface area contributed by atoms with E-state index in [0.717, 1.165) is 37.7 Å². The lowest BCUT2D eigenvalue weighted by Gasteiger charge is -2.36. The van der Waals surface area contributed by atoms with E-state index in [-0.39, 0.29) is 0 Å². The number of nitrogens with two attached hydrogens (primary N) is 1. The van der Waals surface area contributed by atoms with Gasteiger partial charge in [0.1, 0.15) is 11.6 Å². The van der Waals surface area contributed by atoms with Crippen LogP contribution in [0.5, 0.6) is 5.88 Å². The molecule has 0 radical (unpaired) electrons. The molecule has 1 saturated heterocycles. The molecular weight excluding hydrogens is 266 g/mol. The number of nitrogens with zero attached hydrogens (tertiary/aromatic N) is 4. The highest BCUT2D eigenvalue weighted by Gasteiger charge is 2.18. The van der Waals surface area contributed by atoms with E-state index < -0.39 is 0 Å². The number of hydrogen-bond acceptors (Lipinski definition) is 6. The maximum atomic E-state index is 5.62. The number of ether oxygens (including phenoxy) is 1. The van der Waals surface area contributed by atoms with Gasteiger partial charge in [-0.1, -0.05) is 6.07 Å². The Kier molecular flexibility index (Phi) is 3.77. The lowest BCUT2D eigenvalue weighted by atomic mass is 10.2. The second kappa shape index (κ2) is 5.87. The van der Waals surface area contributed by atoms with Crippen molar-refractivity contribution >= 4 is 17.3 Å². The molecule has 0 aromatic carbocycles. The van der Waals surface area contributed by atoms with Gasteiger partial charge in [0.25, 0.3) is 0 Å². The van der Waals surface area contributed by atoms with Crippen molar-refractivity contribution < 1.29 is 4.74 Å². The monoisotopic (exact) mass is 285 g/mol. The molecule has 1 fully saturated rings. The summed E-state index contributed by atoms with van der Waals surface area (Å²) in [6.45, 7) is 3.71. The number of nitrogen functional groups attached to an aromatic ring is 1. The van der Waals surface area contributed by atoms with E-state index in [9.17, 15) is 0 Å². The molecule has 0 atom stereocenters. The molecule has 0 bridgehead atoms. The zero-order chi connectivity index (χ0) is 14.7. The van der Waals surface area contributed by atoms with E-state index in [1.807, 2.05) is 36.5 Å². The predicted molar refractivity (Wildman–Crippen MR) is 83.9 cm³/mol. The Bertz CT molecular complexity index is 593. The first kappa shape index (κ1) is 13.5. The Balaban J connectivity index is 1.65. The number of anilines is 3. The second-order valence-corrected chi connectivity index (χ2v) is 4.95. The van der Waals surface area contributed by atoms with Gasteiger partial charge in [-0.25, -0.2) is 4.98 Å². The maximum absolute atomic E-state index is 5.62. The molecular formula is C15H19N5O. The zero-order valence-electron chi connectivity index (χ0n) is 12.1. The van der Waals surface area contributed by atoms with Crippen LogP contribution < -0.4 is 20.3 Å². The highest BCUT2D eigenvalue weighted by molar-refractivity contribution is 5.50. The molecule has 1 aliphatic heterocycles. The van der Waals surface area contributed by atoms with Gasteiger partial charge in [0.2, 0.25) is 5.88 Å². The quantitative estimate of drug-likeness (QED) is 0.919. The molecule has 0 amide bonds. The average molecular weight is 285 g/mol. The van der Waals surface area contributed by atoms with E-state index in [2.05, 4.69) is 19.8 Å². The highest BCUT2D eigenvalue weighted by atomic mass is 16.5. The molecule has 0 spiro atoms. The summed E-state index contributed by atoms with van der Waals surface area (Å²) in [6, 6.07) is 9.70. The van der Waals surface area contributed by atoms with Gasteiger partial charge in [0.15, 0.2) is 0 Å². The predicted octanol–water partition coefficient (Wildman–Crippen LogP) is 1.39. The molecule has 21 heavy (non-hydrogen) atoms. The zero-order valence-corrected chi connectivity index (χ0v) is 12.1. The lowest BCUT2D eigenvalue weighted by molar-refractivity contribution is 0.397. The van der Waals surface area contributed by atoms with Gasteiger partial charge in [0.05, 0.1) is 19.0 Å². The minimum atomic E-state index is 0.554. The average Bonchev–Trinajstić information content (AvgIpc) is 2.56. The van der Waals surface area contributed by atoms with Crippen LogP contribution in [-0.4, -0.2) is 43.3 Å². The number of rotatable bonds is 3. The summed E-state index contributed by atoms with van der Waals surface area (Å²) >= 11 is 0. The third-order valence-electron chi connectivity index (χ3n) is 3.66. The van der Waals surface area contributed by atoms with Crippen molar-refractivity contribution in [2.24, 2.45) is 0 Å². The van der Waals surface area contributed by atoms with Crippen LogP contribution in [0.15, 0.2) is 36.5 Å². The van der Waals surface area contributed by atoms with Crippen LogP contribution in [0.3, 0.4) is 0 Å². The molecule has 0 unspecified atom stereocenters. The van der Waals surface area contributed by atoms with Crippen molar-refractivity contribution in [3.05, 3.63) is 36.5 Å². The second-order valence-electron chi connectivity index (χ2n) is 4.95. The van der Waals surface area contributed by atoms with E-state index in [4.69, 9.17) is 10.5 Å². The van der Waals surface area contributed by atoms with Gasteiger partial charge < -0.3 is 20.3 Å². The van der Waals surface area contributed by atoms with E-state index in [1.54, 1.807) is 7.11 Å². The first-order chi connectivity index (χ1) is 10.3. The van der Waals surface area contributed by atoms with Crippen LogP contribution in [0.1, 0.15) is 0 Å². The minimum absolute atomic E-state index is 0.554. The first-order valence-electron chi connectivity index (χ1n) is 6.99. The molecule has 2 N–H and O–H groups in total. The standard InChI is InChI=1S/C15H19N5O/c1-21-15-4-2-3-14(18-15)20-9-7-19(8-10-20)12-5-6-13(16)17-11-12/h2-6,11H,7-10H2,1H3,(H2,16,17). The fraction of sp³-hybridized carbons (Fsp3) is 0.333. The molecule has 6 nitrogen and oxygen atoms in total. The van der Waals surface area contributed by atoms with E-state index >= 15 is 0 Å². The van der Waals surface area contributed by atoms with Crippen LogP contribution >= 0.6 is 0 Å². The summed E-state index contributed by atoms with van der Waals surface area (Å²) < 4.78 is 5.18. The summed E-state index contributed by atoms with van der Waals surface area (Å²) in [4.78, 5) is 13.2. The minimum Gasteiger partial charge on any atom is -0.481 e. The Hall–Kier alpha value is -2.50. The smallest absolute Gasteiger partial charge is 0.214 e. The van der Waals surface area contributed by atoms with E-state index in [1.165, 1.54) is 0 Å². The summed E-state index contributed by atoms with van der Waals surface area (Å²) in [5.41, 5.74) is 6.74. The number of piperazine rings is 1. The van der Waals surface area contributed by atoms with Gasteiger partial charge >= 0.3 is 0 Å². The van der Waals surface area contributed by atoms with E-state index in [0.29, 0.717) is 11.7 Å². The Morgan fingerprint density at radius 2 is 1.81 bits per heavy atom. The summed E-state index contributed by atoms with van der Waals surface area (Å²) in [5.74, 6) is 2.17. The Morgan fingerprint density at radius 1 is 1.05 bits per heavy atom. The van der Waals surface area contributed by atoms with Crippen molar-refractivity contribution in [1.29, 1.82) is 0 Å². The highest BCUT2D eigenvalue weighted by Crippen LogP contribution is 2.20. The summed E-state index contributed by atoms with van der Waals surface area (Å²) in [6.07, 6.45) is 1.83.